The Hall–Kier alpha value is -1.40. The van der Waals surface area contributed by atoms with Crippen LogP contribution in [0.2, 0.25) is 5.02 Å². The van der Waals surface area contributed by atoms with E-state index < -0.39 is 0 Å². The second-order valence-corrected chi connectivity index (χ2v) is 3.68. The van der Waals surface area contributed by atoms with Gasteiger partial charge in [0, 0.05) is 17.5 Å². The highest BCUT2D eigenvalue weighted by atomic mass is 35.5. The van der Waals surface area contributed by atoms with E-state index in [-0.39, 0.29) is 6.42 Å². The quantitative estimate of drug-likeness (QED) is 0.735. The number of ether oxygens (including phenoxy) is 2. The number of fused-ring (bicyclic) bond motifs is 1. The van der Waals surface area contributed by atoms with E-state index in [2.05, 4.69) is 6.07 Å². The summed E-state index contributed by atoms with van der Waals surface area (Å²) in [5.41, 5.74) is 0.781. The lowest BCUT2D eigenvalue weighted by Crippen LogP contribution is -1.97. The van der Waals surface area contributed by atoms with Crippen LogP contribution in [-0.4, -0.2) is 13.2 Å². The predicted molar refractivity (Wildman–Crippen MR) is 56.4 cm³/mol. The molecule has 1 aliphatic rings. The molecule has 0 saturated carbocycles. The van der Waals surface area contributed by atoms with Crippen molar-refractivity contribution < 1.29 is 9.47 Å². The number of hydrogen-bond donors (Lipinski definition) is 0. The minimum absolute atomic E-state index is 0.287. The van der Waals surface area contributed by atoms with E-state index in [0.717, 1.165) is 12.0 Å². The average Bonchev–Trinajstić information content (AvgIpc) is 2.44. The largest absolute Gasteiger partial charge is 0.490 e. The fourth-order valence-corrected chi connectivity index (χ4v) is 1.67. The minimum Gasteiger partial charge on any atom is -0.490 e. The maximum Gasteiger partial charge on any atom is 0.162 e. The van der Waals surface area contributed by atoms with Crippen molar-refractivity contribution in [2.45, 2.75) is 12.8 Å². The zero-order chi connectivity index (χ0) is 10.7. The monoisotopic (exact) mass is 223 g/mol. The second-order valence-electron chi connectivity index (χ2n) is 3.28. The first-order valence-electron chi connectivity index (χ1n) is 4.76. The van der Waals surface area contributed by atoms with Crippen LogP contribution in [0.1, 0.15) is 12.0 Å². The third kappa shape index (κ3) is 2.16. The lowest BCUT2D eigenvalue weighted by atomic mass is 10.1. The van der Waals surface area contributed by atoms with E-state index in [1.807, 2.05) is 0 Å². The normalized spacial score (nSPS) is 14.1. The smallest absolute Gasteiger partial charge is 0.162 e. The molecule has 1 heterocycles. The predicted octanol–water partition coefficient (Wildman–Crippen LogP) is 2.57. The first-order chi connectivity index (χ1) is 7.31. The van der Waals surface area contributed by atoms with E-state index in [0.29, 0.717) is 29.7 Å². The van der Waals surface area contributed by atoms with Crippen LogP contribution in [0.3, 0.4) is 0 Å². The highest BCUT2D eigenvalue weighted by molar-refractivity contribution is 6.31. The Morgan fingerprint density at radius 3 is 2.60 bits per heavy atom. The van der Waals surface area contributed by atoms with Crippen LogP contribution < -0.4 is 9.47 Å². The van der Waals surface area contributed by atoms with E-state index in [1.54, 1.807) is 12.1 Å². The molecule has 0 saturated heterocycles. The Morgan fingerprint density at radius 1 is 1.27 bits per heavy atom. The Bertz CT molecular complexity index is 412. The molecule has 0 amide bonds. The van der Waals surface area contributed by atoms with Gasteiger partial charge in [-0.15, -0.1) is 0 Å². The fourth-order valence-electron chi connectivity index (χ4n) is 1.45. The Balaban J connectivity index is 2.39. The van der Waals surface area contributed by atoms with Gasteiger partial charge in [-0.1, -0.05) is 11.6 Å². The van der Waals surface area contributed by atoms with Crippen molar-refractivity contribution in [3.63, 3.8) is 0 Å². The van der Waals surface area contributed by atoms with E-state index >= 15 is 0 Å². The van der Waals surface area contributed by atoms with Crippen LogP contribution in [0.25, 0.3) is 0 Å². The van der Waals surface area contributed by atoms with Crippen molar-refractivity contribution in [3.05, 3.63) is 22.7 Å². The molecular weight excluding hydrogens is 214 g/mol. The van der Waals surface area contributed by atoms with Crippen molar-refractivity contribution in [1.82, 2.24) is 0 Å². The van der Waals surface area contributed by atoms with Gasteiger partial charge in [0.25, 0.3) is 0 Å². The molecule has 15 heavy (non-hydrogen) atoms. The van der Waals surface area contributed by atoms with Gasteiger partial charge in [-0.3, -0.25) is 0 Å². The number of benzene rings is 1. The Morgan fingerprint density at radius 2 is 1.93 bits per heavy atom. The first-order valence-corrected chi connectivity index (χ1v) is 5.14. The fraction of sp³-hybridized carbons (Fsp3) is 0.364. The molecule has 0 spiro atoms. The van der Waals surface area contributed by atoms with E-state index in [4.69, 9.17) is 26.3 Å². The van der Waals surface area contributed by atoms with E-state index in [9.17, 15) is 0 Å². The van der Waals surface area contributed by atoms with Gasteiger partial charge in [-0.25, -0.2) is 0 Å². The number of rotatable bonds is 1. The summed E-state index contributed by atoms with van der Waals surface area (Å²) in [6, 6.07) is 5.57. The van der Waals surface area contributed by atoms with Gasteiger partial charge in [0.1, 0.15) is 0 Å². The van der Waals surface area contributed by atoms with Gasteiger partial charge in [0.05, 0.1) is 25.7 Å². The molecule has 1 aliphatic heterocycles. The summed E-state index contributed by atoms with van der Waals surface area (Å²) >= 11 is 6.01. The second kappa shape index (κ2) is 4.41. The molecule has 0 bridgehead atoms. The van der Waals surface area contributed by atoms with Crippen molar-refractivity contribution in [1.29, 1.82) is 5.26 Å². The maximum absolute atomic E-state index is 8.62. The maximum atomic E-state index is 8.62. The summed E-state index contributed by atoms with van der Waals surface area (Å²) < 4.78 is 11.0. The van der Waals surface area contributed by atoms with Crippen molar-refractivity contribution in [2.75, 3.05) is 13.2 Å². The molecule has 0 radical (unpaired) electrons. The van der Waals surface area contributed by atoms with Crippen LogP contribution in [-0.2, 0) is 6.42 Å². The number of halogens is 1. The van der Waals surface area contributed by atoms with Crippen LogP contribution in [0, 0.1) is 11.3 Å². The molecule has 0 aromatic heterocycles. The van der Waals surface area contributed by atoms with Gasteiger partial charge in [-0.05, 0) is 11.6 Å². The number of hydrogen-bond acceptors (Lipinski definition) is 3. The minimum atomic E-state index is 0.287. The summed E-state index contributed by atoms with van der Waals surface area (Å²) in [5, 5.41) is 9.18. The van der Waals surface area contributed by atoms with Crippen molar-refractivity contribution in [3.8, 4) is 17.6 Å². The van der Waals surface area contributed by atoms with Crippen LogP contribution in [0.5, 0.6) is 11.5 Å². The highest BCUT2D eigenvalue weighted by Crippen LogP contribution is 2.35. The lowest BCUT2D eigenvalue weighted by molar-refractivity contribution is 0.297. The SMILES string of the molecule is N#CCc1cc2c(cc1Cl)OCCCO2. The summed E-state index contributed by atoms with van der Waals surface area (Å²) in [7, 11) is 0. The highest BCUT2D eigenvalue weighted by Gasteiger charge is 2.13. The Labute approximate surface area is 93.2 Å². The molecule has 4 heteroatoms. The van der Waals surface area contributed by atoms with Gasteiger partial charge >= 0.3 is 0 Å². The van der Waals surface area contributed by atoms with Crippen molar-refractivity contribution >= 4 is 11.6 Å². The molecule has 1 aromatic rings. The van der Waals surface area contributed by atoms with Crippen LogP contribution in [0.4, 0.5) is 0 Å². The third-order valence-electron chi connectivity index (χ3n) is 2.19. The van der Waals surface area contributed by atoms with Crippen LogP contribution >= 0.6 is 11.6 Å². The van der Waals surface area contributed by atoms with Gasteiger partial charge in [-0.2, -0.15) is 5.26 Å². The molecule has 0 atom stereocenters. The molecule has 0 fully saturated rings. The standard InChI is InChI=1S/C11H10ClNO2/c12-9-7-11-10(6-8(9)2-3-13)14-4-1-5-15-11/h6-7H,1-2,4-5H2. The topological polar surface area (TPSA) is 42.2 Å². The number of nitriles is 1. The molecular formula is C11H10ClNO2. The van der Waals surface area contributed by atoms with E-state index in [1.165, 1.54) is 0 Å². The Kier molecular flexibility index (Phi) is 2.98. The molecule has 1 aromatic carbocycles. The zero-order valence-corrected chi connectivity index (χ0v) is 8.88. The summed E-state index contributed by atoms with van der Waals surface area (Å²) in [6.07, 6.45) is 1.15. The first kappa shape index (κ1) is 10.1. The van der Waals surface area contributed by atoms with Gasteiger partial charge < -0.3 is 9.47 Å². The molecule has 3 nitrogen and oxygen atoms in total. The molecule has 0 aliphatic carbocycles. The lowest BCUT2D eigenvalue weighted by Gasteiger charge is -2.09. The molecule has 0 N–H and O–H groups in total. The summed E-state index contributed by atoms with van der Waals surface area (Å²) in [6.45, 7) is 1.28. The molecule has 2 rings (SSSR count). The molecule has 0 unspecified atom stereocenters. The third-order valence-corrected chi connectivity index (χ3v) is 2.54. The summed E-state index contributed by atoms with van der Waals surface area (Å²) in [5.74, 6) is 1.35. The van der Waals surface area contributed by atoms with Crippen LogP contribution in [0.15, 0.2) is 12.1 Å². The zero-order valence-electron chi connectivity index (χ0n) is 8.12. The summed E-state index contributed by atoms with van der Waals surface area (Å²) in [4.78, 5) is 0. The van der Waals surface area contributed by atoms with Crippen molar-refractivity contribution in [2.24, 2.45) is 0 Å². The van der Waals surface area contributed by atoms with Gasteiger partial charge in [0.2, 0.25) is 0 Å². The van der Waals surface area contributed by atoms with Gasteiger partial charge in [0.15, 0.2) is 11.5 Å². The molecule has 78 valence electrons. The average molecular weight is 224 g/mol. The number of nitrogens with zero attached hydrogens (tertiary/aromatic N) is 1.